The van der Waals surface area contributed by atoms with Gasteiger partial charge in [-0.3, -0.25) is 4.79 Å². The van der Waals surface area contributed by atoms with Crippen molar-refractivity contribution in [3.63, 3.8) is 0 Å². The van der Waals surface area contributed by atoms with E-state index in [2.05, 4.69) is 0 Å². The van der Waals surface area contributed by atoms with Gasteiger partial charge in [0.2, 0.25) is 11.2 Å². The van der Waals surface area contributed by atoms with Gasteiger partial charge in [-0.1, -0.05) is 0 Å². The summed E-state index contributed by atoms with van der Waals surface area (Å²) in [6.07, 6.45) is -5.01. The van der Waals surface area contributed by atoms with Crippen molar-refractivity contribution in [3.05, 3.63) is 64.3 Å². The summed E-state index contributed by atoms with van der Waals surface area (Å²) in [6, 6.07) is 7.26. The molecule has 0 atom stereocenters. The lowest BCUT2D eigenvalue weighted by atomic mass is 10.2. The van der Waals surface area contributed by atoms with Gasteiger partial charge in [-0.05, 0) is 36.4 Å². The fraction of sp³-hybridized carbons (Fsp3) is 0.0625. The van der Waals surface area contributed by atoms with Gasteiger partial charge in [0.1, 0.15) is 22.9 Å². The monoisotopic (exact) mass is 340 g/mol. The molecule has 3 aromatic rings. The van der Waals surface area contributed by atoms with E-state index in [9.17, 15) is 27.5 Å². The number of phenols is 1. The van der Waals surface area contributed by atoms with Crippen molar-refractivity contribution < 1.29 is 31.8 Å². The number of hydrogen-bond acceptors (Lipinski definition) is 4. The number of halogens is 4. The number of aromatic hydroxyl groups is 1. The van der Waals surface area contributed by atoms with Crippen LogP contribution in [0, 0.1) is 5.82 Å². The first-order valence-electron chi connectivity index (χ1n) is 6.56. The van der Waals surface area contributed by atoms with Crippen molar-refractivity contribution in [2.24, 2.45) is 0 Å². The summed E-state index contributed by atoms with van der Waals surface area (Å²) < 4.78 is 62.2. The summed E-state index contributed by atoms with van der Waals surface area (Å²) in [5, 5.41) is 9.14. The lowest BCUT2D eigenvalue weighted by molar-refractivity contribution is -0.154. The molecule has 0 saturated carbocycles. The molecule has 0 radical (unpaired) electrons. The maximum atomic E-state index is 13.2. The molecule has 8 heteroatoms. The zero-order chi connectivity index (χ0) is 17.5. The molecule has 24 heavy (non-hydrogen) atoms. The normalized spacial score (nSPS) is 11.7. The molecule has 124 valence electrons. The number of phenolic OH excluding ortho intramolecular Hbond substituents is 1. The van der Waals surface area contributed by atoms with Gasteiger partial charge in [-0.2, -0.15) is 13.2 Å². The fourth-order valence-electron chi connectivity index (χ4n) is 2.06. The van der Waals surface area contributed by atoms with Crippen LogP contribution in [0.4, 0.5) is 17.6 Å². The maximum absolute atomic E-state index is 13.2. The second kappa shape index (κ2) is 5.55. The molecule has 0 aliphatic carbocycles. The summed E-state index contributed by atoms with van der Waals surface area (Å²) >= 11 is 0. The summed E-state index contributed by atoms with van der Waals surface area (Å²) in [6.45, 7) is 0. The lowest BCUT2D eigenvalue weighted by Gasteiger charge is -2.13. The molecular formula is C16H8F4O4. The molecule has 4 nitrogen and oxygen atoms in total. The third-order valence-corrected chi connectivity index (χ3v) is 3.13. The Labute approximate surface area is 131 Å². The SMILES string of the molecule is O=c1c(Oc2ccc(F)cc2)c(C(F)(F)F)oc2cc(O)ccc12. The number of rotatable bonds is 2. The van der Waals surface area contributed by atoms with Gasteiger partial charge in [0.05, 0.1) is 5.39 Å². The van der Waals surface area contributed by atoms with E-state index in [4.69, 9.17) is 9.15 Å². The van der Waals surface area contributed by atoms with Gasteiger partial charge in [0.15, 0.2) is 0 Å². The Morgan fingerprint density at radius 1 is 1.04 bits per heavy atom. The Morgan fingerprint density at radius 2 is 1.71 bits per heavy atom. The Balaban J connectivity index is 2.24. The first-order chi connectivity index (χ1) is 11.3. The molecular weight excluding hydrogens is 332 g/mol. The van der Waals surface area contributed by atoms with Gasteiger partial charge in [-0.15, -0.1) is 0 Å². The quantitative estimate of drug-likeness (QED) is 0.700. The van der Waals surface area contributed by atoms with E-state index in [0.29, 0.717) is 0 Å². The molecule has 0 fully saturated rings. The van der Waals surface area contributed by atoms with Crippen LogP contribution in [0.15, 0.2) is 51.7 Å². The van der Waals surface area contributed by atoms with Crippen LogP contribution in [-0.2, 0) is 6.18 Å². The minimum absolute atomic E-state index is 0.160. The zero-order valence-electron chi connectivity index (χ0n) is 11.7. The van der Waals surface area contributed by atoms with Crippen LogP contribution in [0.2, 0.25) is 0 Å². The zero-order valence-corrected chi connectivity index (χ0v) is 11.7. The van der Waals surface area contributed by atoms with Crippen molar-refractivity contribution in [3.8, 4) is 17.2 Å². The highest BCUT2D eigenvalue weighted by Gasteiger charge is 2.40. The van der Waals surface area contributed by atoms with E-state index in [1.165, 1.54) is 0 Å². The van der Waals surface area contributed by atoms with Gasteiger partial charge in [0.25, 0.3) is 5.76 Å². The van der Waals surface area contributed by atoms with Crippen LogP contribution in [0.3, 0.4) is 0 Å². The third kappa shape index (κ3) is 2.90. The molecule has 2 aromatic carbocycles. The standard InChI is InChI=1S/C16H8F4O4/c17-8-1-4-10(5-2-8)23-14-13(22)11-6-3-9(21)7-12(11)24-15(14)16(18,19)20/h1-7,21H. The van der Waals surface area contributed by atoms with Crippen molar-refractivity contribution in [2.45, 2.75) is 6.18 Å². The fourth-order valence-corrected chi connectivity index (χ4v) is 2.06. The van der Waals surface area contributed by atoms with E-state index in [-0.39, 0.29) is 16.9 Å². The second-order valence-corrected chi connectivity index (χ2v) is 4.82. The minimum Gasteiger partial charge on any atom is -0.508 e. The summed E-state index contributed by atoms with van der Waals surface area (Å²) in [5.41, 5.74) is -1.49. The lowest BCUT2D eigenvalue weighted by Crippen LogP contribution is -2.15. The third-order valence-electron chi connectivity index (χ3n) is 3.13. The minimum atomic E-state index is -5.01. The predicted octanol–water partition coefficient (Wildman–Crippen LogP) is 4.45. The molecule has 1 heterocycles. The van der Waals surface area contributed by atoms with E-state index >= 15 is 0 Å². The Bertz CT molecular complexity index is 959. The summed E-state index contributed by atoms with van der Waals surface area (Å²) in [7, 11) is 0. The molecule has 1 aromatic heterocycles. The molecule has 0 aliphatic rings. The average molecular weight is 340 g/mol. The highest BCUT2D eigenvalue weighted by molar-refractivity contribution is 5.79. The Hall–Kier alpha value is -3.03. The highest BCUT2D eigenvalue weighted by Crippen LogP contribution is 2.38. The number of alkyl halides is 3. The molecule has 0 spiro atoms. The molecule has 0 aliphatic heterocycles. The summed E-state index contributed by atoms with van der Waals surface area (Å²) in [4.78, 5) is 12.3. The molecule has 0 saturated heterocycles. The van der Waals surface area contributed by atoms with Crippen LogP contribution in [0.25, 0.3) is 11.0 Å². The molecule has 1 N–H and O–H groups in total. The van der Waals surface area contributed by atoms with Crippen LogP contribution in [0.1, 0.15) is 5.76 Å². The first kappa shape index (κ1) is 15.9. The topological polar surface area (TPSA) is 59.7 Å². The molecule has 3 rings (SSSR count). The first-order valence-corrected chi connectivity index (χ1v) is 6.56. The molecule has 0 bridgehead atoms. The van der Waals surface area contributed by atoms with Crippen LogP contribution in [-0.4, -0.2) is 5.11 Å². The van der Waals surface area contributed by atoms with Crippen molar-refractivity contribution in [2.75, 3.05) is 0 Å². The average Bonchev–Trinajstić information content (AvgIpc) is 2.50. The number of benzene rings is 2. The van der Waals surface area contributed by atoms with Gasteiger partial charge in [-0.25, -0.2) is 4.39 Å². The number of fused-ring (bicyclic) bond motifs is 1. The van der Waals surface area contributed by atoms with Crippen molar-refractivity contribution in [1.82, 2.24) is 0 Å². The molecule has 0 amide bonds. The largest absolute Gasteiger partial charge is 0.508 e. The van der Waals surface area contributed by atoms with E-state index < -0.39 is 34.5 Å². The highest BCUT2D eigenvalue weighted by atomic mass is 19.4. The van der Waals surface area contributed by atoms with Gasteiger partial charge < -0.3 is 14.3 Å². The van der Waals surface area contributed by atoms with E-state index in [1.54, 1.807) is 0 Å². The molecule has 0 unspecified atom stereocenters. The van der Waals surface area contributed by atoms with E-state index in [1.807, 2.05) is 0 Å². The Morgan fingerprint density at radius 3 is 2.33 bits per heavy atom. The van der Waals surface area contributed by atoms with E-state index in [0.717, 1.165) is 42.5 Å². The van der Waals surface area contributed by atoms with Crippen LogP contribution < -0.4 is 10.2 Å². The van der Waals surface area contributed by atoms with Crippen molar-refractivity contribution >= 4 is 11.0 Å². The summed E-state index contributed by atoms with van der Waals surface area (Å²) in [5.74, 6) is -3.83. The van der Waals surface area contributed by atoms with Crippen LogP contribution in [0.5, 0.6) is 17.2 Å². The van der Waals surface area contributed by atoms with Crippen molar-refractivity contribution in [1.29, 1.82) is 0 Å². The van der Waals surface area contributed by atoms with Crippen LogP contribution >= 0.6 is 0 Å². The van der Waals surface area contributed by atoms with Gasteiger partial charge >= 0.3 is 6.18 Å². The second-order valence-electron chi connectivity index (χ2n) is 4.82. The smallest absolute Gasteiger partial charge is 0.453 e. The number of ether oxygens (including phenoxy) is 1. The Kier molecular flexibility index (Phi) is 3.67. The predicted molar refractivity (Wildman–Crippen MR) is 75.6 cm³/mol. The number of hydrogen-bond donors (Lipinski definition) is 1. The van der Waals surface area contributed by atoms with Gasteiger partial charge in [0, 0.05) is 6.07 Å². The maximum Gasteiger partial charge on any atom is 0.453 e.